The van der Waals surface area contributed by atoms with Crippen LogP contribution in [0.4, 0.5) is 0 Å². The second kappa shape index (κ2) is 5.57. The van der Waals surface area contributed by atoms with Crippen LogP contribution in [0.2, 0.25) is 0 Å². The zero-order chi connectivity index (χ0) is 14.0. The number of hydrogen-bond acceptors (Lipinski definition) is 4. The molecule has 1 aromatic heterocycles. The summed E-state index contributed by atoms with van der Waals surface area (Å²) in [6, 6.07) is 5.83. The minimum absolute atomic E-state index is 0.121. The molecule has 0 fully saturated rings. The Morgan fingerprint density at radius 1 is 1.32 bits per heavy atom. The lowest BCUT2D eigenvalue weighted by Gasteiger charge is -2.10. The fourth-order valence-corrected chi connectivity index (χ4v) is 2.60. The van der Waals surface area contributed by atoms with Crippen LogP contribution in [-0.2, 0) is 7.05 Å². The third-order valence-electron chi connectivity index (χ3n) is 3.11. The van der Waals surface area contributed by atoms with Gasteiger partial charge >= 0.3 is 0 Å². The number of aromatic nitrogens is 3. The SMILES string of the molecule is Cc1ccc(C(=O)C(C)Sc2ncnn2C)cc1C. The topological polar surface area (TPSA) is 47.8 Å². The van der Waals surface area contributed by atoms with Crippen LogP contribution >= 0.6 is 11.8 Å². The summed E-state index contributed by atoms with van der Waals surface area (Å²) in [5, 5.41) is 4.58. The first-order valence-corrected chi connectivity index (χ1v) is 6.99. The summed E-state index contributed by atoms with van der Waals surface area (Å²) in [5.41, 5.74) is 3.09. The Hall–Kier alpha value is -1.62. The molecule has 1 heterocycles. The maximum Gasteiger partial charge on any atom is 0.186 e. The second-order valence-corrected chi connectivity index (χ2v) is 5.90. The predicted octanol–water partition coefficient (Wildman–Crippen LogP) is 2.80. The molecule has 0 N–H and O–H groups in total. The summed E-state index contributed by atoms with van der Waals surface area (Å²) in [5.74, 6) is 0.121. The van der Waals surface area contributed by atoms with E-state index in [1.807, 2.05) is 46.0 Å². The van der Waals surface area contributed by atoms with Crippen LogP contribution < -0.4 is 0 Å². The van der Waals surface area contributed by atoms with E-state index in [0.717, 1.165) is 16.3 Å². The molecule has 1 unspecified atom stereocenters. The Kier molecular flexibility index (Phi) is 4.04. The maximum absolute atomic E-state index is 12.4. The molecule has 19 heavy (non-hydrogen) atoms. The standard InChI is InChI=1S/C14H17N3OS/c1-9-5-6-12(7-10(9)2)13(18)11(3)19-14-15-8-16-17(14)4/h5-8,11H,1-4H3. The van der Waals surface area contributed by atoms with Gasteiger partial charge in [-0.3, -0.25) is 4.79 Å². The number of ketones is 1. The molecule has 2 aromatic rings. The quantitative estimate of drug-likeness (QED) is 0.636. The zero-order valence-corrected chi connectivity index (χ0v) is 12.4. The van der Waals surface area contributed by atoms with Crippen molar-refractivity contribution >= 4 is 17.5 Å². The molecule has 4 nitrogen and oxygen atoms in total. The summed E-state index contributed by atoms with van der Waals surface area (Å²) in [7, 11) is 1.82. The number of carbonyl (C=O) groups excluding carboxylic acids is 1. The Bertz CT molecular complexity index is 606. The van der Waals surface area contributed by atoms with E-state index in [1.54, 1.807) is 4.68 Å². The van der Waals surface area contributed by atoms with Gasteiger partial charge in [0, 0.05) is 12.6 Å². The normalized spacial score (nSPS) is 12.4. The van der Waals surface area contributed by atoms with E-state index in [2.05, 4.69) is 10.1 Å². The number of hydrogen-bond donors (Lipinski definition) is 0. The number of nitrogens with zero attached hydrogens (tertiary/aromatic N) is 3. The van der Waals surface area contributed by atoms with Gasteiger partial charge in [0.1, 0.15) is 6.33 Å². The van der Waals surface area contributed by atoms with Gasteiger partial charge in [-0.25, -0.2) is 9.67 Å². The summed E-state index contributed by atoms with van der Waals surface area (Å²) in [6.07, 6.45) is 1.50. The smallest absolute Gasteiger partial charge is 0.186 e. The van der Waals surface area contributed by atoms with E-state index in [-0.39, 0.29) is 11.0 Å². The van der Waals surface area contributed by atoms with Crippen molar-refractivity contribution in [3.05, 3.63) is 41.2 Å². The van der Waals surface area contributed by atoms with Crippen LogP contribution in [0, 0.1) is 13.8 Å². The lowest BCUT2D eigenvalue weighted by molar-refractivity contribution is 0.0994. The van der Waals surface area contributed by atoms with Crippen molar-refractivity contribution in [1.29, 1.82) is 0 Å². The maximum atomic E-state index is 12.4. The Morgan fingerprint density at radius 3 is 2.63 bits per heavy atom. The lowest BCUT2D eigenvalue weighted by atomic mass is 10.0. The van der Waals surface area contributed by atoms with Crippen molar-refractivity contribution < 1.29 is 4.79 Å². The van der Waals surface area contributed by atoms with Gasteiger partial charge in [0.2, 0.25) is 0 Å². The molecule has 0 saturated heterocycles. The average Bonchev–Trinajstić information content (AvgIpc) is 2.77. The summed E-state index contributed by atoms with van der Waals surface area (Å²) in [4.78, 5) is 16.5. The molecule has 0 aliphatic rings. The Labute approximate surface area is 117 Å². The van der Waals surface area contributed by atoms with Gasteiger partial charge < -0.3 is 0 Å². The second-order valence-electron chi connectivity index (χ2n) is 4.59. The highest BCUT2D eigenvalue weighted by Crippen LogP contribution is 2.23. The van der Waals surface area contributed by atoms with E-state index in [0.29, 0.717) is 0 Å². The molecule has 0 aliphatic carbocycles. The van der Waals surface area contributed by atoms with Crippen molar-refractivity contribution in [2.75, 3.05) is 0 Å². The highest BCUT2D eigenvalue weighted by molar-refractivity contribution is 8.00. The Balaban J connectivity index is 2.15. The number of thioether (sulfide) groups is 1. The first kappa shape index (κ1) is 13.8. The van der Waals surface area contributed by atoms with Gasteiger partial charge in [-0.2, -0.15) is 5.10 Å². The molecule has 2 rings (SSSR count). The molecule has 5 heteroatoms. The molecule has 0 amide bonds. The lowest BCUT2D eigenvalue weighted by Crippen LogP contribution is -2.14. The highest BCUT2D eigenvalue weighted by atomic mass is 32.2. The first-order chi connectivity index (χ1) is 8.99. The molecular weight excluding hydrogens is 258 g/mol. The fraction of sp³-hybridized carbons (Fsp3) is 0.357. The minimum Gasteiger partial charge on any atom is -0.293 e. The first-order valence-electron chi connectivity index (χ1n) is 6.11. The van der Waals surface area contributed by atoms with Gasteiger partial charge in [-0.05, 0) is 38.0 Å². The largest absolute Gasteiger partial charge is 0.293 e. The van der Waals surface area contributed by atoms with Gasteiger partial charge in [0.25, 0.3) is 0 Å². The average molecular weight is 275 g/mol. The number of aryl methyl sites for hydroxylation is 3. The third kappa shape index (κ3) is 3.04. The van der Waals surface area contributed by atoms with E-state index in [4.69, 9.17) is 0 Å². The van der Waals surface area contributed by atoms with E-state index in [1.165, 1.54) is 23.7 Å². The number of benzene rings is 1. The van der Waals surface area contributed by atoms with E-state index >= 15 is 0 Å². The van der Waals surface area contributed by atoms with Gasteiger partial charge in [-0.15, -0.1) is 0 Å². The van der Waals surface area contributed by atoms with Crippen molar-refractivity contribution in [2.45, 2.75) is 31.2 Å². The minimum atomic E-state index is -0.176. The number of carbonyl (C=O) groups is 1. The molecule has 1 atom stereocenters. The van der Waals surface area contributed by atoms with Gasteiger partial charge in [0.15, 0.2) is 10.9 Å². The van der Waals surface area contributed by atoms with Gasteiger partial charge in [0.05, 0.1) is 5.25 Å². The summed E-state index contributed by atoms with van der Waals surface area (Å²) in [6.45, 7) is 5.96. The third-order valence-corrected chi connectivity index (χ3v) is 4.26. The van der Waals surface area contributed by atoms with Crippen LogP contribution in [-0.4, -0.2) is 25.8 Å². The predicted molar refractivity (Wildman–Crippen MR) is 76.6 cm³/mol. The van der Waals surface area contributed by atoms with Crippen LogP contribution in [0.25, 0.3) is 0 Å². The van der Waals surface area contributed by atoms with Crippen LogP contribution in [0.3, 0.4) is 0 Å². The molecule has 0 bridgehead atoms. The van der Waals surface area contributed by atoms with Crippen molar-refractivity contribution in [3.63, 3.8) is 0 Å². The van der Waals surface area contributed by atoms with Crippen molar-refractivity contribution in [3.8, 4) is 0 Å². The van der Waals surface area contributed by atoms with Crippen LogP contribution in [0.5, 0.6) is 0 Å². The van der Waals surface area contributed by atoms with E-state index in [9.17, 15) is 4.79 Å². The van der Waals surface area contributed by atoms with Gasteiger partial charge in [-0.1, -0.05) is 23.9 Å². The fourth-order valence-electron chi connectivity index (χ4n) is 1.73. The monoisotopic (exact) mass is 275 g/mol. The highest BCUT2D eigenvalue weighted by Gasteiger charge is 2.18. The number of rotatable bonds is 4. The number of Topliss-reactive ketones (excluding diaryl/α,β-unsaturated/α-hetero) is 1. The van der Waals surface area contributed by atoms with Crippen LogP contribution in [0.15, 0.2) is 29.7 Å². The molecule has 0 aliphatic heterocycles. The molecule has 0 spiro atoms. The summed E-state index contributed by atoms with van der Waals surface area (Å²) >= 11 is 1.43. The zero-order valence-electron chi connectivity index (χ0n) is 11.5. The molecule has 1 aromatic carbocycles. The van der Waals surface area contributed by atoms with Crippen LogP contribution in [0.1, 0.15) is 28.4 Å². The molecule has 100 valence electrons. The molecule has 0 radical (unpaired) electrons. The Morgan fingerprint density at radius 2 is 2.05 bits per heavy atom. The van der Waals surface area contributed by atoms with Crippen molar-refractivity contribution in [2.24, 2.45) is 7.05 Å². The molecule has 0 saturated carbocycles. The summed E-state index contributed by atoms with van der Waals surface area (Å²) < 4.78 is 1.68. The molecular formula is C14H17N3OS. The van der Waals surface area contributed by atoms with Crippen molar-refractivity contribution in [1.82, 2.24) is 14.8 Å². The van der Waals surface area contributed by atoms with E-state index < -0.39 is 0 Å².